The van der Waals surface area contributed by atoms with Crippen LogP contribution in [0.15, 0.2) is 33.5 Å². The third-order valence-corrected chi connectivity index (χ3v) is 4.35. The molecule has 3 aromatic rings. The molecule has 20 heavy (non-hydrogen) atoms. The van der Waals surface area contributed by atoms with Crippen LogP contribution in [0.4, 0.5) is 0 Å². The first kappa shape index (κ1) is 11.9. The van der Waals surface area contributed by atoms with E-state index in [1.165, 1.54) is 18.4 Å². The summed E-state index contributed by atoms with van der Waals surface area (Å²) in [6.45, 7) is 2.16. The molecule has 104 valence electrons. The lowest BCUT2D eigenvalue weighted by atomic mass is 9.89. The SMILES string of the molecule is Oc1c2ccoc2c(CC2CCNCC2)c2ccoc12. The lowest BCUT2D eigenvalue weighted by Crippen LogP contribution is -2.28. The number of aromatic hydroxyl groups is 1. The molecule has 0 atom stereocenters. The summed E-state index contributed by atoms with van der Waals surface area (Å²) in [5.74, 6) is 0.843. The summed E-state index contributed by atoms with van der Waals surface area (Å²) in [6, 6.07) is 3.73. The molecule has 0 aliphatic carbocycles. The first-order valence-electron chi connectivity index (χ1n) is 7.13. The van der Waals surface area contributed by atoms with Crippen molar-refractivity contribution >= 4 is 21.9 Å². The lowest BCUT2D eigenvalue weighted by molar-refractivity contribution is 0.373. The van der Waals surface area contributed by atoms with Gasteiger partial charge in [0.05, 0.1) is 17.9 Å². The van der Waals surface area contributed by atoms with Gasteiger partial charge in [-0.05, 0) is 50.4 Å². The zero-order chi connectivity index (χ0) is 13.5. The molecule has 4 rings (SSSR count). The number of benzene rings is 1. The fourth-order valence-corrected chi connectivity index (χ4v) is 3.28. The van der Waals surface area contributed by atoms with Crippen molar-refractivity contribution in [2.75, 3.05) is 13.1 Å². The van der Waals surface area contributed by atoms with Gasteiger partial charge in [-0.3, -0.25) is 0 Å². The number of hydrogen-bond acceptors (Lipinski definition) is 4. The predicted octanol–water partition coefficient (Wildman–Crippen LogP) is 3.43. The maximum absolute atomic E-state index is 10.3. The molecule has 0 amide bonds. The Morgan fingerprint density at radius 1 is 1.05 bits per heavy atom. The maximum atomic E-state index is 10.3. The number of furan rings is 2. The van der Waals surface area contributed by atoms with Crippen LogP contribution in [-0.2, 0) is 6.42 Å². The molecule has 0 radical (unpaired) electrons. The van der Waals surface area contributed by atoms with Crippen molar-refractivity contribution < 1.29 is 13.9 Å². The van der Waals surface area contributed by atoms with Crippen LogP contribution < -0.4 is 5.32 Å². The Bertz CT molecular complexity index is 698. The van der Waals surface area contributed by atoms with Gasteiger partial charge >= 0.3 is 0 Å². The molecule has 4 nitrogen and oxygen atoms in total. The second-order valence-electron chi connectivity index (χ2n) is 5.55. The molecule has 1 aromatic carbocycles. The van der Waals surface area contributed by atoms with Gasteiger partial charge < -0.3 is 19.3 Å². The van der Waals surface area contributed by atoms with Gasteiger partial charge in [0.1, 0.15) is 5.58 Å². The van der Waals surface area contributed by atoms with Crippen LogP contribution in [0.3, 0.4) is 0 Å². The molecular weight excluding hydrogens is 254 g/mol. The van der Waals surface area contributed by atoms with Crippen molar-refractivity contribution in [2.45, 2.75) is 19.3 Å². The Labute approximate surface area is 116 Å². The van der Waals surface area contributed by atoms with Crippen molar-refractivity contribution in [2.24, 2.45) is 5.92 Å². The number of nitrogens with one attached hydrogen (secondary N) is 1. The Morgan fingerprint density at radius 3 is 2.55 bits per heavy atom. The van der Waals surface area contributed by atoms with E-state index in [0.29, 0.717) is 11.5 Å². The molecule has 1 fully saturated rings. The zero-order valence-electron chi connectivity index (χ0n) is 11.2. The van der Waals surface area contributed by atoms with Crippen LogP contribution in [0.5, 0.6) is 5.75 Å². The Balaban J connectivity index is 1.88. The second kappa shape index (κ2) is 4.56. The smallest absolute Gasteiger partial charge is 0.176 e. The monoisotopic (exact) mass is 271 g/mol. The van der Waals surface area contributed by atoms with Gasteiger partial charge in [0.25, 0.3) is 0 Å². The number of piperidine rings is 1. The van der Waals surface area contributed by atoms with Crippen molar-refractivity contribution in [3.63, 3.8) is 0 Å². The van der Waals surface area contributed by atoms with Gasteiger partial charge in [0, 0.05) is 10.9 Å². The summed E-state index contributed by atoms with van der Waals surface area (Å²) < 4.78 is 11.1. The average molecular weight is 271 g/mol. The van der Waals surface area contributed by atoms with E-state index >= 15 is 0 Å². The number of phenolic OH excluding ortho intramolecular Hbond substituents is 1. The van der Waals surface area contributed by atoms with E-state index in [1.807, 2.05) is 6.07 Å². The number of rotatable bonds is 2. The highest BCUT2D eigenvalue weighted by Crippen LogP contribution is 2.40. The molecule has 4 heteroatoms. The van der Waals surface area contributed by atoms with Crippen molar-refractivity contribution in [3.8, 4) is 5.75 Å². The third-order valence-electron chi connectivity index (χ3n) is 4.35. The van der Waals surface area contributed by atoms with Gasteiger partial charge in [0.15, 0.2) is 11.3 Å². The summed E-state index contributed by atoms with van der Waals surface area (Å²) in [5.41, 5.74) is 2.54. The summed E-state index contributed by atoms with van der Waals surface area (Å²) in [6.07, 6.45) is 6.61. The van der Waals surface area contributed by atoms with Crippen molar-refractivity contribution in [1.29, 1.82) is 0 Å². The molecule has 2 N–H and O–H groups in total. The van der Waals surface area contributed by atoms with Crippen LogP contribution in [-0.4, -0.2) is 18.2 Å². The van der Waals surface area contributed by atoms with E-state index in [1.54, 1.807) is 18.6 Å². The molecule has 1 aliphatic heterocycles. The van der Waals surface area contributed by atoms with Gasteiger partial charge in [-0.1, -0.05) is 0 Å². The predicted molar refractivity (Wildman–Crippen MR) is 76.9 cm³/mol. The normalized spacial score (nSPS) is 17.2. The lowest BCUT2D eigenvalue weighted by Gasteiger charge is -2.22. The summed E-state index contributed by atoms with van der Waals surface area (Å²) in [7, 11) is 0. The minimum Gasteiger partial charge on any atom is -0.504 e. The fraction of sp³-hybridized carbons (Fsp3) is 0.375. The molecule has 2 aromatic heterocycles. The average Bonchev–Trinajstić information content (AvgIpc) is 3.14. The van der Waals surface area contributed by atoms with Crippen LogP contribution >= 0.6 is 0 Å². The highest BCUT2D eigenvalue weighted by molar-refractivity contribution is 6.03. The van der Waals surface area contributed by atoms with Gasteiger partial charge in [-0.25, -0.2) is 0 Å². The minimum absolute atomic E-state index is 0.183. The van der Waals surface area contributed by atoms with Crippen molar-refractivity contribution in [1.82, 2.24) is 5.32 Å². The van der Waals surface area contributed by atoms with Gasteiger partial charge in [-0.2, -0.15) is 0 Å². The van der Waals surface area contributed by atoms with E-state index in [9.17, 15) is 5.11 Å². The van der Waals surface area contributed by atoms with Crippen LogP contribution in [0.25, 0.3) is 21.9 Å². The van der Waals surface area contributed by atoms with E-state index in [4.69, 9.17) is 8.83 Å². The molecule has 0 bridgehead atoms. The first-order valence-corrected chi connectivity index (χ1v) is 7.13. The summed E-state index contributed by atoms with van der Waals surface area (Å²) >= 11 is 0. The van der Waals surface area contributed by atoms with Crippen molar-refractivity contribution in [3.05, 3.63) is 30.2 Å². The number of phenols is 1. The quantitative estimate of drug-likeness (QED) is 0.749. The van der Waals surface area contributed by atoms with E-state index in [0.717, 1.165) is 35.9 Å². The summed E-state index contributed by atoms with van der Waals surface area (Å²) in [5, 5.41) is 15.4. The molecule has 3 heterocycles. The highest BCUT2D eigenvalue weighted by atomic mass is 16.4. The Morgan fingerprint density at radius 2 is 1.75 bits per heavy atom. The Kier molecular flexibility index (Phi) is 2.70. The van der Waals surface area contributed by atoms with Gasteiger partial charge in [-0.15, -0.1) is 0 Å². The zero-order valence-corrected chi connectivity index (χ0v) is 11.2. The largest absolute Gasteiger partial charge is 0.504 e. The van der Waals surface area contributed by atoms with Crippen LogP contribution in [0.2, 0.25) is 0 Å². The van der Waals surface area contributed by atoms with E-state index in [-0.39, 0.29) is 5.75 Å². The topological polar surface area (TPSA) is 58.5 Å². The second-order valence-corrected chi connectivity index (χ2v) is 5.55. The third kappa shape index (κ3) is 1.72. The number of hydrogen-bond donors (Lipinski definition) is 2. The fourth-order valence-electron chi connectivity index (χ4n) is 3.28. The highest BCUT2D eigenvalue weighted by Gasteiger charge is 2.22. The first-order chi connectivity index (χ1) is 9.84. The molecule has 0 unspecified atom stereocenters. The standard InChI is InChI=1S/C16H17NO3/c18-14-12-4-8-19-15(12)13(11-3-7-20-16(11)14)9-10-1-5-17-6-2-10/h3-4,7-8,10,17-18H,1-2,5-6,9H2. The van der Waals surface area contributed by atoms with Crippen LogP contribution in [0.1, 0.15) is 18.4 Å². The molecular formula is C16H17NO3. The maximum Gasteiger partial charge on any atom is 0.176 e. The molecule has 0 saturated carbocycles. The molecule has 0 spiro atoms. The van der Waals surface area contributed by atoms with E-state index < -0.39 is 0 Å². The molecule has 1 saturated heterocycles. The minimum atomic E-state index is 0.183. The summed E-state index contributed by atoms with van der Waals surface area (Å²) in [4.78, 5) is 0. The Hall–Kier alpha value is -1.94. The molecule has 1 aliphatic rings. The van der Waals surface area contributed by atoms with Gasteiger partial charge in [0.2, 0.25) is 0 Å². The van der Waals surface area contributed by atoms with E-state index in [2.05, 4.69) is 5.32 Å². The van der Waals surface area contributed by atoms with Crippen LogP contribution in [0, 0.1) is 5.92 Å². The number of fused-ring (bicyclic) bond motifs is 2.